The van der Waals surface area contributed by atoms with Gasteiger partial charge >= 0.3 is 0 Å². The van der Waals surface area contributed by atoms with Crippen LogP contribution in [-0.2, 0) is 0 Å². The van der Waals surface area contributed by atoms with Gasteiger partial charge in [0.2, 0.25) is 0 Å². The van der Waals surface area contributed by atoms with Crippen molar-refractivity contribution in [1.82, 2.24) is 9.97 Å². The average Bonchev–Trinajstić information content (AvgIpc) is 2.70. The lowest BCUT2D eigenvalue weighted by Crippen LogP contribution is -2.11. The van der Waals surface area contributed by atoms with Crippen LogP contribution in [0, 0.1) is 11.8 Å². The van der Waals surface area contributed by atoms with Gasteiger partial charge in [-0.25, -0.2) is 0 Å². The number of rotatable bonds is 3. The molecule has 2 atom stereocenters. The van der Waals surface area contributed by atoms with Crippen molar-refractivity contribution >= 4 is 11.4 Å². The topological polar surface area (TPSA) is 54.0 Å². The molecule has 2 unspecified atom stereocenters. The molecule has 2 aromatic rings. The number of hydrogen-bond donors (Lipinski definition) is 0. The van der Waals surface area contributed by atoms with Gasteiger partial charge in [0.15, 0.2) is 0 Å². The Morgan fingerprint density at radius 1 is 0.667 bits per heavy atom. The summed E-state index contributed by atoms with van der Waals surface area (Å²) in [6.07, 6.45) is 15.9. The van der Waals surface area contributed by atoms with E-state index in [1.807, 2.05) is 48.8 Å². The number of nitrogens with zero attached hydrogens (tertiary/aromatic N) is 4. The predicted octanol–water partition coefficient (Wildman–Crippen LogP) is 4.89. The van der Waals surface area contributed by atoms with Crippen molar-refractivity contribution in [3.05, 3.63) is 108 Å². The van der Waals surface area contributed by atoms with Gasteiger partial charge in [0, 0.05) is 35.6 Å². The highest BCUT2D eigenvalue weighted by Crippen LogP contribution is 2.35. The summed E-state index contributed by atoms with van der Waals surface area (Å²) in [5.41, 5.74) is 3.61. The van der Waals surface area contributed by atoms with Gasteiger partial charge < -0.3 is 10.6 Å². The van der Waals surface area contributed by atoms with Crippen LogP contribution in [0.3, 0.4) is 0 Å². The minimum atomic E-state index is 0.227. The zero-order valence-electron chi connectivity index (χ0n) is 13.0. The van der Waals surface area contributed by atoms with E-state index in [0.717, 1.165) is 22.8 Å². The Morgan fingerprint density at radius 2 is 1.17 bits per heavy atom. The Labute approximate surface area is 141 Å². The minimum absolute atomic E-state index is 0.227. The van der Waals surface area contributed by atoms with Crippen molar-refractivity contribution in [1.29, 1.82) is 0 Å². The van der Waals surface area contributed by atoms with Gasteiger partial charge in [-0.1, -0.05) is 36.4 Å². The zero-order chi connectivity index (χ0) is 16.2. The van der Waals surface area contributed by atoms with E-state index >= 15 is 0 Å². The monoisotopic (exact) mass is 312 g/mol. The summed E-state index contributed by atoms with van der Waals surface area (Å²) in [5.74, 6) is 0.454. The second kappa shape index (κ2) is 6.54. The van der Waals surface area contributed by atoms with Crippen LogP contribution in [0.5, 0.6) is 0 Å². The Kier molecular flexibility index (Phi) is 3.94. The lowest BCUT2D eigenvalue weighted by molar-refractivity contribution is 0.671. The maximum atomic E-state index is 4.46. The van der Waals surface area contributed by atoms with Crippen LogP contribution in [-0.4, -0.2) is 9.97 Å². The molecule has 4 nitrogen and oxygen atoms in total. The third-order valence-corrected chi connectivity index (χ3v) is 4.04. The molecule has 0 aliphatic carbocycles. The molecular weight excluding hydrogens is 296 g/mol. The minimum Gasteiger partial charge on any atom is -0.663 e. The first-order chi connectivity index (χ1) is 11.9. The van der Waals surface area contributed by atoms with E-state index in [-0.39, 0.29) is 11.8 Å². The quantitative estimate of drug-likeness (QED) is 0.810. The molecule has 2 aromatic heterocycles. The van der Waals surface area contributed by atoms with E-state index in [0.29, 0.717) is 0 Å². The van der Waals surface area contributed by atoms with Gasteiger partial charge in [-0.05, 0) is 24.3 Å². The molecule has 0 N–H and O–H groups in total. The SMILES string of the molecule is C1=CC(C2C=C[N-]C(c3ccccn3)=C2)C=C(c2ccccn2)[N-]1. The van der Waals surface area contributed by atoms with Gasteiger partial charge in [-0.3, -0.25) is 9.97 Å². The molecule has 2 aliphatic rings. The second-order valence-electron chi connectivity index (χ2n) is 5.63. The molecule has 4 heterocycles. The number of allylic oxidation sites excluding steroid dienone is 4. The number of hydrogen-bond acceptors (Lipinski definition) is 2. The normalized spacial score (nSPS) is 22.2. The molecule has 0 aromatic carbocycles. The third-order valence-electron chi connectivity index (χ3n) is 4.04. The van der Waals surface area contributed by atoms with Crippen molar-refractivity contribution in [2.45, 2.75) is 0 Å². The molecule has 0 saturated carbocycles. The zero-order valence-corrected chi connectivity index (χ0v) is 13.0. The van der Waals surface area contributed by atoms with Crippen molar-refractivity contribution in [2.75, 3.05) is 0 Å². The first-order valence-electron chi connectivity index (χ1n) is 7.92. The molecule has 4 rings (SSSR count). The van der Waals surface area contributed by atoms with Crippen molar-refractivity contribution in [3.8, 4) is 0 Å². The summed E-state index contributed by atoms with van der Waals surface area (Å²) in [7, 11) is 0. The van der Waals surface area contributed by atoms with Crippen LogP contribution >= 0.6 is 0 Å². The molecule has 0 amide bonds. The van der Waals surface area contributed by atoms with Crippen LogP contribution in [0.25, 0.3) is 22.0 Å². The Bertz CT molecular complexity index is 748. The number of aromatic nitrogens is 2. The molecule has 4 heteroatoms. The van der Waals surface area contributed by atoms with Crippen LogP contribution < -0.4 is 0 Å². The summed E-state index contributed by atoms with van der Waals surface area (Å²) in [6, 6.07) is 11.7. The molecule has 0 radical (unpaired) electrons. The molecule has 24 heavy (non-hydrogen) atoms. The average molecular weight is 312 g/mol. The highest BCUT2D eigenvalue weighted by molar-refractivity contribution is 5.77. The van der Waals surface area contributed by atoms with E-state index in [9.17, 15) is 0 Å². The Morgan fingerprint density at radius 3 is 1.58 bits per heavy atom. The van der Waals surface area contributed by atoms with E-state index < -0.39 is 0 Å². The van der Waals surface area contributed by atoms with Crippen molar-refractivity contribution in [3.63, 3.8) is 0 Å². The Balaban J connectivity index is 1.61. The smallest absolute Gasteiger partial charge is 0.0480 e. The third kappa shape index (κ3) is 2.99. The fourth-order valence-corrected chi connectivity index (χ4v) is 2.82. The van der Waals surface area contributed by atoms with E-state index in [1.165, 1.54) is 0 Å². The van der Waals surface area contributed by atoms with Crippen molar-refractivity contribution < 1.29 is 0 Å². The highest BCUT2D eigenvalue weighted by Gasteiger charge is 2.14. The number of pyridine rings is 2. The fourth-order valence-electron chi connectivity index (χ4n) is 2.82. The van der Waals surface area contributed by atoms with E-state index in [4.69, 9.17) is 0 Å². The second-order valence-corrected chi connectivity index (χ2v) is 5.63. The molecule has 0 bridgehead atoms. The molecule has 2 aliphatic heterocycles. The lowest BCUT2D eigenvalue weighted by Gasteiger charge is -2.34. The molecular formula is C20H16N4-2. The van der Waals surface area contributed by atoms with E-state index in [1.54, 1.807) is 12.4 Å². The summed E-state index contributed by atoms with van der Waals surface area (Å²) in [6.45, 7) is 0. The van der Waals surface area contributed by atoms with Crippen LogP contribution in [0.2, 0.25) is 0 Å². The summed E-state index contributed by atoms with van der Waals surface area (Å²) >= 11 is 0. The van der Waals surface area contributed by atoms with Crippen LogP contribution in [0.4, 0.5) is 0 Å². The molecule has 118 valence electrons. The molecule has 0 spiro atoms. The van der Waals surface area contributed by atoms with Crippen LogP contribution in [0.1, 0.15) is 11.4 Å². The van der Waals surface area contributed by atoms with E-state index in [2.05, 4.69) is 44.9 Å². The summed E-state index contributed by atoms with van der Waals surface area (Å²) in [5, 5.41) is 8.92. The van der Waals surface area contributed by atoms with Gasteiger partial charge in [0.05, 0.1) is 0 Å². The maximum absolute atomic E-state index is 4.46. The van der Waals surface area contributed by atoms with Gasteiger partial charge in [-0.2, -0.15) is 12.4 Å². The van der Waals surface area contributed by atoms with Gasteiger partial charge in [0.25, 0.3) is 0 Å². The van der Waals surface area contributed by atoms with Gasteiger partial charge in [0.1, 0.15) is 0 Å². The first-order valence-corrected chi connectivity index (χ1v) is 7.92. The fraction of sp³-hybridized carbons (Fsp3) is 0.100. The summed E-state index contributed by atoms with van der Waals surface area (Å²) < 4.78 is 0. The molecule has 0 saturated heterocycles. The lowest BCUT2D eigenvalue weighted by atomic mass is 9.87. The van der Waals surface area contributed by atoms with Crippen molar-refractivity contribution in [2.24, 2.45) is 11.8 Å². The standard InChI is InChI=1S/C20H16N4/c1-3-9-21-17(5-1)19-13-15(7-11-23-19)16-8-12-24-20(14-16)18-6-2-4-10-22-18/h1-16H/q-2. The Hall–Kier alpha value is -3.14. The van der Waals surface area contributed by atoms with Gasteiger partial charge in [-0.15, -0.1) is 11.4 Å². The molecule has 0 fully saturated rings. The van der Waals surface area contributed by atoms with Crippen LogP contribution in [0.15, 0.2) is 85.5 Å². The highest BCUT2D eigenvalue weighted by atomic mass is 14.9. The summed E-state index contributed by atoms with van der Waals surface area (Å²) in [4.78, 5) is 8.77. The predicted molar refractivity (Wildman–Crippen MR) is 96.4 cm³/mol. The maximum Gasteiger partial charge on any atom is 0.0480 e. The first kappa shape index (κ1) is 14.5. The largest absolute Gasteiger partial charge is 0.663 e.